The maximum Gasteiger partial charge on any atom is 0.286 e. The van der Waals surface area contributed by atoms with Crippen LogP contribution in [-0.2, 0) is 0 Å². The summed E-state index contributed by atoms with van der Waals surface area (Å²) in [6.45, 7) is 2.63. The molecule has 2 aromatic rings. The number of hydrogen-bond donors (Lipinski definition) is 0. The first kappa shape index (κ1) is 10.7. The molecular formula is C12H10FNO2S. The minimum Gasteiger partial charge on any atom is -0.459 e. The van der Waals surface area contributed by atoms with E-state index in [0.717, 1.165) is 0 Å². The molecule has 3 nitrogen and oxygen atoms in total. The molecule has 1 saturated heterocycles. The third-order valence-corrected chi connectivity index (χ3v) is 3.76. The average Bonchev–Trinajstić information content (AvgIpc) is 2.83. The van der Waals surface area contributed by atoms with Gasteiger partial charge in [-0.1, -0.05) is 24.8 Å². The van der Waals surface area contributed by atoms with Crippen LogP contribution in [0.25, 0.3) is 11.0 Å². The van der Waals surface area contributed by atoms with Crippen molar-refractivity contribution in [1.82, 2.24) is 0 Å². The Kier molecular flexibility index (Phi) is 2.36. The summed E-state index contributed by atoms with van der Waals surface area (Å²) in [5.74, 6) is -0.402. The van der Waals surface area contributed by atoms with E-state index in [4.69, 9.17) is 4.42 Å². The lowest BCUT2D eigenvalue weighted by Gasteiger charge is -2.12. The summed E-state index contributed by atoms with van der Waals surface area (Å²) in [7, 11) is 0. The Morgan fingerprint density at radius 2 is 2.35 bits per heavy atom. The second-order valence-electron chi connectivity index (χ2n) is 4.04. The number of nitrogens with zero attached hydrogens (tertiary/aromatic N) is 1. The zero-order valence-electron chi connectivity index (χ0n) is 9.14. The highest BCUT2D eigenvalue weighted by Crippen LogP contribution is 2.36. The Hall–Kier alpha value is -1.49. The number of para-hydroxylation sites is 1. The molecule has 5 heteroatoms. The molecule has 1 aliphatic rings. The fraction of sp³-hybridized carbons (Fsp3) is 0.250. The molecular weight excluding hydrogens is 241 g/mol. The Morgan fingerprint density at radius 3 is 3.06 bits per heavy atom. The number of furan rings is 1. The van der Waals surface area contributed by atoms with Gasteiger partial charge in [-0.25, -0.2) is 4.39 Å². The molecule has 0 N–H and O–H groups in total. The van der Waals surface area contributed by atoms with Crippen LogP contribution in [0, 0.1) is 5.82 Å². The van der Waals surface area contributed by atoms with Gasteiger partial charge in [-0.3, -0.25) is 9.69 Å². The van der Waals surface area contributed by atoms with E-state index < -0.39 is 5.82 Å². The number of rotatable bonds is 1. The van der Waals surface area contributed by atoms with Gasteiger partial charge in [0, 0.05) is 17.2 Å². The molecule has 3 rings (SSSR count). The van der Waals surface area contributed by atoms with Crippen molar-refractivity contribution in [2.45, 2.75) is 12.2 Å². The second kappa shape index (κ2) is 3.77. The SMILES string of the molecule is C[C@H]1CN(c2coc3c(F)cccc23)C(=O)S1. The normalized spacial score (nSPS) is 20.5. The number of anilines is 1. The molecule has 1 fully saturated rings. The predicted molar refractivity (Wildman–Crippen MR) is 66.0 cm³/mol. The van der Waals surface area contributed by atoms with E-state index in [1.165, 1.54) is 24.1 Å². The number of amides is 1. The van der Waals surface area contributed by atoms with Gasteiger partial charge < -0.3 is 4.42 Å². The van der Waals surface area contributed by atoms with Crippen molar-refractivity contribution in [3.63, 3.8) is 0 Å². The quantitative estimate of drug-likeness (QED) is 0.776. The highest BCUT2D eigenvalue weighted by Gasteiger charge is 2.30. The van der Waals surface area contributed by atoms with Crippen molar-refractivity contribution in [2.24, 2.45) is 0 Å². The smallest absolute Gasteiger partial charge is 0.286 e. The van der Waals surface area contributed by atoms with E-state index in [2.05, 4.69) is 0 Å². The Labute approximate surface area is 102 Å². The minimum absolute atomic E-state index is 0.00976. The van der Waals surface area contributed by atoms with E-state index in [1.807, 2.05) is 6.92 Å². The summed E-state index contributed by atoms with van der Waals surface area (Å²) < 4.78 is 18.7. The van der Waals surface area contributed by atoms with Crippen LogP contribution in [0.15, 0.2) is 28.9 Å². The number of hydrogen-bond acceptors (Lipinski definition) is 3. The van der Waals surface area contributed by atoms with Gasteiger partial charge in [0.05, 0.1) is 5.69 Å². The summed E-state index contributed by atoms with van der Waals surface area (Å²) in [4.78, 5) is 13.4. The summed E-state index contributed by atoms with van der Waals surface area (Å²) >= 11 is 1.29. The maximum atomic E-state index is 13.5. The molecule has 0 spiro atoms. The number of halogens is 1. The largest absolute Gasteiger partial charge is 0.459 e. The fourth-order valence-electron chi connectivity index (χ4n) is 2.02. The molecule has 1 atom stereocenters. The van der Waals surface area contributed by atoms with Gasteiger partial charge in [0.1, 0.15) is 6.26 Å². The van der Waals surface area contributed by atoms with Crippen LogP contribution in [0.2, 0.25) is 0 Å². The summed E-state index contributed by atoms with van der Waals surface area (Å²) in [6.07, 6.45) is 1.45. The van der Waals surface area contributed by atoms with E-state index >= 15 is 0 Å². The number of thioether (sulfide) groups is 1. The van der Waals surface area contributed by atoms with Crippen molar-refractivity contribution in [3.05, 3.63) is 30.3 Å². The van der Waals surface area contributed by atoms with Gasteiger partial charge >= 0.3 is 0 Å². The van der Waals surface area contributed by atoms with Crippen LogP contribution in [-0.4, -0.2) is 17.0 Å². The number of carbonyl (C=O) groups excluding carboxylic acids is 1. The van der Waals surface area contributed by atoms with Crippen molar-refractivity contribution in [2.75, 3.05) is 11.4 Å². The van der Waals surface area contributed by atoms with Gasteiger partial charge in [-0.05, 0) is 12.1 Å². The van der Waals surface area contributed by atoms with Crippen LogP contribution in [0.3, 0.4) is 0 Å². The third kappa shape index (κ3) is 1.61. The molecule has 88 valence electrons. The minimum atomic E-state index is -0.402. The van der Waals surface area contributed by atoms with E-state index in [9.17, 15) is 9.18 Å². The first-order chi connectivity index (χ1) is 8.16. The van der Waals surface area contributed by atoms with Gasteiger partial charge in [0.2, 0.25) is 0 Å². The standard InChI is InChI=1S/C12H10FNO2S/c1-7-5-14(12(15)17-7)10-6-16-11-8(10)3-2-4-9(11)13/h2-4,6-7H,5H2,1H3/t7-/m0/s1. The zero-order chi connectivity index (χ0) is 12.0. The predicted octanol–water partition coefficient (Wildman–Crippen LogP) is 3.63. The topological polar surface area (TPSA) is 33.5 Å². The van der Waals surface area contributed by atoms with Gasteiger partial charge in [-0.15, -0.1) is 0 Å². The molecule has 17 heavy (non-hydrogen) atoms. The Balaban J connectivity index is 2.12. The van der Waals surface area contributed by atoms with Crippen molar-refractivity contribution in [3.8, 4) is 0 Å². The molecule has 2 heterocycles. The van der Waals surface area contributed by atoms with Crippen LogP contribution in [0.4, 0.5) is 14.9 Å². The highest BCUT2D eigenvalue weighted by atomic mass is 32.2. The molecule has 1 aromatic carbocycles. The van der Waals surface area contributed by atoms with E-state index in [1.54, 1.807) is 17.0 Å². The number of fused-ring (bicyclic) bond motifs is 1. The molecule has 0 unspecified atom stereocenters. The summed E-state index contributed by atoms with van der Waals surface area (Å²) in [6, 6.07) is 4.73. The van der Waals surface area contributed by atoms with E-state index in [0.29, 0.717) is 17.6 Å². The van der Waals surface area contributed by atoms with E-state index in [-0.39, 0.29) is 16.1 Å². The molecule has 0 radical (unpaired) electrons. The third-order valence-electron chi connectivity index (χ3n) is 2.78. The molecule has 1 amide bonds. The van der Waals surface area contributed by atoms with Crippen LogP contribution in [0.5, 0.6) is 0 Å². The van der Waals surface area contributed by atoms with Gasteiger partial charge in [-0.2, -0.15) is 0 Å². The number of carbonyl (C=O) groups is 1. The molecule has 0 aliphatic carbocycles. The first-order valence-electron chi connectivity index (χ1n) is 5.30. The van der Waals surface area contributed by atoms with Gasteiger partial charge in [0.25, 0.3) is 5.24 Å². The van der Waals surface area contributed by atoms with Gasteiger partial charge in [0.15, 0.2) is 11.4 Å². The fourth-order valence-corrected chi connectivity index (χ4v) is 2.89. The average molecular weight is 251 g/mol. The summed E-state index contributed by atoms with van der Waals surface area (Å²) in [5.41, 5.74) is 0.862. The lowest BCUT2D eigenvalue weighted by molar-refractivity contribution is 0.266. The number of benzene rings is 1. The second-order valence-corrected chi connectivity index (χ2v) is 5.43. The molecule has 0 saturated carbocycles. The van der Waals surface area contributed by atoms with Crippen molar-refractivity contribution in [1.29, 1.82) is 0 Å². The lowest BCUT2D eigenvalue weighted by atomic mass is 10.2. The maximum absolute atomic E-state index is 13.5. The highest BCUT2D eigenvalue weighted by molar-refractivity contribution is 8.14. The molecule has 1 aliphatic heterocycles. The first-order valence-corrected chi connectivity index (χ1v) is 6.18. The van der Waals surface area contributed by atoms with Crippen LogP contribution >= 0.6 is 11.8 Å². The molecule has 0 bridgehead atoms. The monoisotopic (exact) mass is 251 g/mol. The Bertz CT molecular complexity index is 595. The zero-order valence-corrected chi connectivity index (χ0v) is 9.96. The lowest BCUT2D eigenvalue weighted by Crippen LogP contribution is -2.23. The van der Waals surface area contributed by atoms with Crippen LogP contribution < -0.4 is 4.90 Å². The van der Waals surface area contributed by atoms with Crippen molar-refractivity contribution < 1.29 is 13.6 Å². The van der Waals surface area contributed by atoms with Crippen LogP contribution in [0.1, 0.15) is 6.92 Å². The molecule has 1 aromatic heterocycles. The Morgan fingerprint density at radius 1 is 1.53 bits per heavy atom. The van der Waals surface area contributed by atoms with Crippen molar-refractivity contribution >= 4 is 33.7 Å². The summed E-state index contributed by atoms with van der Waals surface area (Å²) in [5, 5.41) is 0.888.